The third kappa shape index (κ3) is 4.59. The highest BCUT2D eigenvalue weighted by molar-refractivity contribution is 5.96. The van der Waals surface area contributed by atoms with Crippen molar-refractivity contribution in [1.82, 2.24) is 5.32 Å². The summed E-state index contributed by atoms with van der Waals surface area (Å²) in [5, 5.41) is 3.00. The van der Waals surface area contributed by atoms with Crippen LogP contribution in [0.2, 0.25) is 0 Å². The van der Waals surface area contributed by atoms with Gasteiger partial charge in [0, 0.05) is 5.56 Å². The number of benzene rings is 2. The molecule has 122 valence electrons. The van der Waals surface area contributed by atoms with Gasteiger partial charge in [-0.3, -0.25) is 4.79 Å². The van der Waals surface area contributed by atoms with Gasteiger partial charge in [-0.2, -0.15) is 0 Å². The summed E-state index contributed by atoms with van der Waals surface area (Å²) in [7, 11) is 0. The molecule has 3 heteroatoms. The molecule has 0 spiro atoms. The van der Waals surface area contributed by atoms with Crippen LogP contribution in [-0.2, 0) is 0 Å². The monoisotopic (exact) mass is 311 g/mol. The van der Waals surface area contributed by atoms with E-state index in [1.165, 1.54) is 11.1 Å². The molecule has 0 unspecified atom stereocenters. The zero-order chi connectivity index (χ0) is 17.0. The molecular weight excluding hydrogens is 286 g/mol. The van der Waals surface area contributed by atoms with Gasteiger partial charge in [-0.1, -0.05) is 23.8 Å². The van der Waals surface area contributed by atoms with Crippen LogP contribution in [0.4, 0.5) is 0 Å². The summed E-state index contributed by atoms with van der Waals surface area (Å²) >= 11 is 0. The highest BCUT2D eigenvalue weighted by Crippen LogP contribution is 2.16. The summed E-state index contributed by atoms with van der Waals surface area (Å²) in [4.78, 5) is 12.4. The molecule has 2 aromatic carbocycles. The molecule has 0 aliphatic carbocycles. The van der Waals surface area contributed by atoms with Gasteiger partial charge in [-0.25, -0.2) is 0 Å². The van der Waals surface area contributed by atoms with Crippen LogP contribution in [0.3, 0.4) is 0 Å². The lowest BCUT2D eigenvalue weighted by Gasteiger charge is -2.17. The van der Waals surface area contributed by atoms with E-state index < -0.39 is 0 Å². The molecule has 0 aliphatic rings. The fourth-order valence-corrected chi connectivity index (χ4v) is 2.40. The van der Waals surface area contributed by atoms with Crippen molar-refractivity contribution in [3.05, 3.63) is 64.2 Å². The van der Waals surface area contributed by atoms with Crippen LogP contribution >= 0.6 is 0 Å². The Morgan fingerprint density at radius 3 is 2.26 bits per heavy atom. The summed E-state index contributed by atoms with van der Waals surface area (Å²) in [5.74, 6) is 0.768. The van der Waals surface area contributed by atoms with Crippen molar-refractivity contribution >= 4 is 5.91 Å². The van der Waals surface area contributed by atoms with Gasteiger partial charge in [0.1, 0.15) is 12.4 Å². The Labute approximate surface area is 138 Å². The Kier molecular flexibility index (Phi) is 5.43. The molecule has 1 amide bonds. The molecule has 1 N–H and O–H groups in total. The zero-order valence-electron chi connectivity index (χ0n) is 14.6. The number of ether oxygens (including phenoxy) is 1. The minimum Gasteiger partial charge on any atom is -0.491 e. The van der Waals surface area contributed by atoms with E-state index in [4.69, 9.17) is 4.74 Å². The molecule has 0 radical (unpaired) electrons. The van der Waals surface area contributed by atoms with Crippen LogP contribution in [0, 0.1) is 27.7 Å². The molecule has 0 saturated carbocycles. The lowest BCUT2D eigenvalue weighted by Crippen LogP contribution is -2.37. The Balaban J connectivity index is 1.94. The van der Waals surface area contributed by atoms with Gasteiger partial charge >= 0.3 is 0 Å². The number of aryl methyl sites for hydroxylation is 4. The average Bonchev–Trinajstić information content (AvgIpc) is 2.50. The summed E-state index contributed by atoms with van der Waals surface area (Å²) in [6, 6.07) is 11.8. The lowest BCUT2D eigenvalue weighted by molar-refractivity contribution is 0.0926. The quantitative estimate of drug-likeness (QED) is 0.902. The smallest absolute Gasteiger partial charge is 0.251 e. The maximum atomic E-state index is 12.4. The summed E-state index contributed by atoms with van der Waals surface area (Å²) in [6.45, 7) is 10.5. The highest BCUT2D eigenvalue weighted by atomic mass is 16.5. The van der Waals surface area contributed by atoms with Gasteiger partial charge in [0.25, 0.3) is 5.91 Å². The first-order valence-electron chi connectivity index (χ1n) is 7.95. The Hall–Kier alpha value is -2.29. The first-order chi connectivity index (χ1) is 10.9. The molecule has 0 aliphatic heterocycles. The van der Waals surface area contributed by atoms with E-state index >= 15 is 0 Å². The number of nitrogens with one attached hydrogen (secondary N) is 1. The van der Waals surface area contributed by atoms with Gasteiger partial charge in [0.2, 0.25) is 0 Å². The van der Waals surface area contributed by atoms with Crippen molar-refractivity contribution in [2.24, 2.45) is 0 Å². The number of carbonyl (C=O) groups is 1. The molecule has 3 nitrogen and oxygen atoms in total. The first-order valence-corrected chi connectivity index (χ1v) is 7.95. The first kappa shape index (κ1) is 17.1. The Morgan fingerprint density at radius 2 is 1.61 bits per heavy atom. The highest BCUT2D eigenvalue weighted by Gasteiger charge is 2.13. The van der Waals surface area contributed by atoms with Gasteiger partial charge in [0.15, 0.2) is 0 Å². The molecule has 1 atom stereocenters. The van der Waals surface area contributed by atoms with Crippen molar-refractivity contribution in [3.63, 3.8) is 0 Å². The topological polar surface area (TPSA) is 38.3 Å². The van der Waals surface area contributed by atoms with Gasteiger partial charge < -0.3 is 10.1 Å². The summed E-state index contributed by atoms with van der Waals surface area (Å²) in [5.41, 5.74) is 5.26. The predicted octanol–water partition coefficient (Wildman–Crippen LogP) is 4.12. The van der Waals surface area contributed by atoms with Crippen molar-refractivity contribution in [3.8, 4) is 5.75 Å². The van der Waals surface area contributed by atoms with Gasteiger partial charge in [-0.15, -0.1) is 0 Å². The Morgan fingerprint density at radius 1 is 1.00 bits per heavy atom. The predicted molar refractivity (Wildman–Crippen MR) is 94.3 cm³/mol. The molecule has 0 heterocycles. The van der Waals surface area contributed by atoms with E-state index in [1.54, 1.807) is 0 Å². The van der Waals surface area contributed by atoms with E-state index in [-0.39, 0.29) is 11.9 Å². The molecule has 0 saturated heterocycles. The van der Waals surface area contributed by atoms with Crippen LogP contribution < -0.4 is 10.1 Å². The van der Waals surface area contributed by atoms with Crippen LogP contribution in [0.1, 0.15) is 39.5 Å². The zero-order valence-corrected chi connectivity index (χ0v) is 14.6. The SMILES string of the molecule is Cc1ccc(OC[C@@H](C)NC(=O)c2cc(C)c(C)cc2C)cc1. The van der Waals surface area contributed by atoms with E-state index in [0.29, 0.717) is 6.61 Å². The molecule has 0 fully saturated rings. The minimum absolute atomic E-state index is 0.0504. The standard InChI is InChI=1S/C20H25NO2/c1-13-6-8-18(9-7-13)23-12-17(5)21-20(22)19-11-15(3)14(2)10-16(19)4/h6-11,17H,12H2,1-5H3,(H,21,22)/t17-/m1/s1. The Bertz CT molecular complexity index is 690. The number of rotatable bonds is 5. The van der Waals surface area contributed by atoms with Gasteiger partial charge in [0.05, 0.1) is 6.04 Å². The number of amides is 1. The second-order valence-corrected chi connectivity index (χ2v) is 6.25. The van der Waals surface area contributed by atoms with Crippen molar-refractivity contribution in [2.75, 3.05) is 6.61 Å². The molecule has 23 heavy (non-hydrogen) atoms. The normalized spacial score (nSPS) is 11.9. The minimum atomic E-state index is -0.0650. The van der Waals surface area contributed by atoms with Crippen molar-refractivity contribution in [2.45, 2.75) is 40.7 Å². The van der Waals surface area contributed by atoms with Gasteiger partial charge in [-0.05, 0) is 69.5 Å². The summed E-state index contributed by atoms with van der Waals surface area (Å²) < 4.78 is 5.72. The second kappa shape index (κ2) is 7.32. The fraction of sp³-hybridized carbons (Fsp3) is 0.350. The molecule has 0 bridgehead atoms. The van der Waals surface area contributed by atoms with Crippen LogP contribution in [0.25, 0.3) is 0 Å². The van der Waals surface area contributed by atoms with E-state index in [1.807, 2.05) is 58.0 Å². The summed E-state index contributed by atoms with van der Waals surface area (Å²) in [6.07, 6.45) is 0. The maximum Gasteiger partial charge on any atom is 0.251 e. The second-order valence-electron chi connectivity index (χ2n) is 6.25. The lowest BCUT2D eigenvalue weighted by atomic mass is 10.0. The van der Waals surface area contributed by atoms with E-state index in [0.717, 1.165) is 22.4 Å². The third-order valence-corrected chi connectivity index (χ3v) is 3.98. The van der Waals surface area contributed by atoms with Crippen LogP contribution in [0.5, 0.6) is 5.75 Å². The largest absolute Gasteiger partial charge is 0.491 e. The maximum absolute atomic E-state index is 12.4. The van der Waals surface area contributed by atoms with E-state index in [9.17, 15) is 4.79 Å². The molecule has 2 aromatic rings. The third-order valence-electron chi connectivity index (χ3n) is 3.98. The number of hydrogen-bond donors (Lipinski definition) is 1. The molecular formula is C20H25NO2. The van der Waals surface area contributed by atoms with E-state index in [2.05, 4.69) is 18.3 Å². The average molecular weight is 311 g/mol. The van der Waals surface area contributed by atoms with Crippen LogP contribution in [0.15, 0.2) is 36.4 Å². The van der Waals surface area contributed by atoms with Crippen molar-refractivity contribution in [1.29, 1.82) is 0 Å². The molecule has 2 rings (SSSR count). The fourth-order valence-electron chi connectivity index (χ4n) is 2.40. The van der Waals surface area contributed by atoms with Crippen LogP contribution in [-0.4, -0.2) is 18.6 Å². The van der Waals surface area contributed by atoms with Crippen molar-refractivity contribution < 1.29 is 9.53 Å². The number of hydrogen-bond acceptors (Lipinski definition) is 2. The number of carbonyl (C=O) groups excluding carboxylic acids is 1. The molecule has 0 aromatic heterocycles.